The number of quaternary nitrogens is 1. The zero-order valence-corrected chi connectivity index (χ0v) is 14.3. The molecule has 0 aliphatic carbocycles. The zero-order chi connectivity index (χ0) is 16.9. The molecule has 0 fully saturated rings. The van der Waals surface area contributed by atoms with E-state index in [-0.39, 0.29) is 5.91 Å². The van der Waals surface area contributed by atoms with Gasteiger partial charge in [0.05, 0.1) is 7.05 Å². The number of carbonyl (C=O) groups is 1. The van der Waals surface area contributed by atoms with E-state index < -0.39 is 0 Å². The maximum atomic E-state index is 12.4. The van der Waals surface area contributed by atoms with Crippen molar-refractivity contribution in [2.24, 2.45) is 0 Å². The van der Waals surface area contributed by atoms with Crippen molar-refractivity contribution in [3.63, 3.8) is 0 Å². The Kier molecular flexibility index (Phi) is 5.14. The summed E-state index contributed by atoms with van der Waals surface area (Å²) >= 11 is 6.19. The number of fused-ring (bicyclic) bond motifs is 1. The van der Waals surface area contributed by atoms with Crippen LogP contribution in [0.2, 0.25) is 5.02 Å². The van der Waals surface area contributed by atoms with Gasteiger partial charge in [-0.05, 0) is 17.5 Å². The Labute approximate surface area is 146 Å². The Morgan fingerprint density at radius 3 is 2.54 bits per heavy atom. The van der Waals surface area contributed by atoms with Gasteiger partial charge in [0.2, 0.25) is 0 Å². The number of benzene rings is 3. The van der Waals surface area contributed by atoms with Crippen molar-refractivity contribution in [2.45, 2.75) is 6.54 Å². The molecule has 24 heavy (non-hydrogen) atoms. The summed E-state index contributed by atoms with van der Waals surface area (Å²) < 4.78 is 0. The summed E-state index contributed by atoms with van der Waals surface area (Å²) in [5, 5.41) is 5.94. The van der Waals surface area contributed by atoms with Gasteiger partial charge in [-0.1, -0.05) is 66.2 Å². The van der Waals surface area contributed by atoms with E-state index in [0.29, 0.717) is 13.1 Å². The lowest BCUT2D eigenvalue weighted by Crippen LogP contribution is -3.08. The third-order valence-corrected chi connectivity index (χ3v) is 4.34. The number of nitrogens with one attached hydrogen (secondary N) is 2. The molecule has 0 radical (unpaired) electrons. The first-order valence-electron chi connectivity index (χ1n) is 7.96. The first-order valence-corrected chi connectivity index (χ1v) is 8.33. The maximum Gasteiger partial charge on any atom is 0.279 e. The Morgan fingerprint density at radius 2 is 1.71 bits per heavy atom. The third kappa shape index (κ3) is 3.94. The van der Waals surface area contributed by atoms with E-state index >= 15 is 0 Å². The molecular weight excluding hydrogens is 320 g/mol. The quantitative estimate of drug-likeness (QED) is 0.735. The van der Waals surface area contributed by atoms with E-state index in [4.69, 9.17) is 11.6 Å². The fourth-order valence-corrected chi connectivity index (χ4v) is 3.03. The minimum Gasteiger partial charge on any atom is -0.326 e. The predicted octanol–water partition coefficient (Wildman–Crippen LogP) is 3.15. The van der Waals surface area contributed by atoms with E-state index in [0.717, 1.165) is 31.9 Å². The molecule has 3 nitrogen and oxygen atoms in total. The number of likely N-dealkylation sites (N-methyl/N-ethyl adjacent to an activating group) is 1. The van der Waals surface area contributed by atoms with Gasteiger partial charge in [-0.3, -0.25) is 4.79 Å². The summed E-state index contributed by atoms with van der Waals surface area (Å²) in [4.78, 5) is 13.5. The fourth-order valence-electron chi connectivity index (χ4n) is 2.83. The number of carbonyl (C=O) groups excluding carboxylic acids is 1. The van der Waals surface area contributed by atoms with Crippen molar-refractivity contribution in [3.8, 4) is 0 Å². The molecule has 2 N–H and O–H groups in total. The fraction of sp³-hybridized carbons (Fsp3) is 0.150. The first kappa shape index (κ1) is 16.5. The molecule has 0 heterocycles. The topological polar surface area (TPSA) is 33.5 Å². The molecule has 1 atom stereocenters. The van der Waals surface area contributed by atoms with E-state index in [2.05, 4.69) is 5.32 Å². The van der Waals surface area contributed by atoms with Crippen LogP contribution in [0.3, 0.4) is 0 Å². The Balaban J connectivity index is 1.66. The lowest BCUT2D eigenvalue weighted by atomic mass is 10.1. The molecule has 1 amide bonds. The van der Waals surface area contributed by atoms with Crippen molar-refractivity contribution < 1.29 is 9.69 Å². The van der Waals surface area contributed by atoms with Crippen molar-refractivity contribution in [1.82, 2.24) is 0 Å². The molecule has 3 rings (SSSR count). The maximum absolute atomic E-state index is 12.4. The molecular formula is C20H20ClN2O+. The minimum absolute atomic E-state index is 0.00379. The molecule has 0 spiro atoms. The van der Waals surface area contributed by atoms with E-state index in [1.165, 1.54) is 0 Å². The van der Waals surface area contributed by atoms with Gasteiger partial charge in [0.25, 0.3) is 5.91 Å². The molecule has 0 aliphatic rings. The predicted molar refractivity (Wildman–Crippen MR) is 99.5 cm³/mol. The largest absolute Gasteiger partial charge is 0.326 e. The summed E-state index contributed by atoms with van der Waals surface area (Å²) in [5.74, 6) is -0.00379. The number of amides is 1. The van der Waals surface area contributed by atoms with Crippen molar-refractivity contribution in [2.75, 3.05) is 18.9 Å². The monoisotopic (exact) mass is 339 g/mol. The molecule has 0 aromatic heterocycles. The molecule has 0 bridgehead atoms. The van der Waals surface area contributed by atoms with Crippen LogP contribution in [0.5, 0.6) is 0 Å². The van der Waals surface area contributed by atoms with Crippen molar-refractivity contribution in [3.05, 3.63) is 77.3 Å². The number of rotatable bonds is 5. The van der Waals surface area contributed by atoms with Gasteiger partial charge in [-0.15, -0.1) is 0 Å². The van der Waals surface area contributed by atoms with Crippen LogP contribution in [-0.4, -0.2) is 19.5 Å². The van der Waals surface area contributed by atoms with Crippen LogP contribution in [0.15, 0.2) is 66.7 Å². The van der Waals surface area contributed by atoms with E-state index in [1.54, 1.807) is 0 Å². The highest BCUT2D eigenvalue weighted by Crippen LogP contribution is 2.22. The van der Waals surface area contributed by atoms with Gasteiger partial charge in [0, 0.05) is 21.7 Å². The highest BCUT2D eigenvalue weighted by molar-refractivity contribution is 6.31. The molecule has 1 unspecified atom stereocenters. The van der Waals surface area contributed by atoms with Crippen molar-refractivity contribution in [1.29, 1.82) is 0 Å². The highest BCUT2D eigenvalue weighted by atomic mass is 35.5. The SMILES string of the molecule is C[NH+](CC(=O)Nc1cccc2ccccc12)Cc1ccccc1Cl. The Bertz CT molecular complexity index is 858. The number of halogens is 1. The van der Waals surface area contributed by atoms with Crippen molar-refractivity contribution >= 4 is 34.0 Å². The Morgan fingerprint density at radius 1 is 1.00 bits per heavy atom. The average molecular weight is 340 g/mol. The smallest absolute Gasteiger partial charge is 0.279 e. The van der Waals surface area contributed by atoms with Crippen LogP contribution in [0.25, 0.3) is 10.8 Å². The minimum atomic E-state index is -0.00379. The summed E-state index contributed by atoms with van der Waals surface area (Å²) in [7, 11) is 1.99. The van der Waals surface area contributed by atoms with E-state index in [1.807, 2.05) is 73.8 Å². The first-order chi connectivity index (χ1) is 11.6. The molecule has 4 heteroatoms. The van der Waals surface area contributed by atoms with Gasteiger partial charge in [0.1, 0.15) is 6.54 Å². The number of anilines is 1. The molecule has 122 valence electrons. The van der Waals surface area contributed by atoms with Crippen LogP contribution >= 0.6 is 11.6 Å². The zero-order valence-electron chi connectivity index (χ0n) is 13.6. The second-order valence-corrected chi connectivity index (χ2v) is 6.38. The normalized spacial score (nSPS) is 12.1. The van der Waals surface area contributed by atoms with Crippen LogP contribution in [-0.2, 0) is 11.3 Å². The lowest BCUT2D eigenvalue weighted by molar-refractivity contribution is -0.885. The van der Waals surface area contributed by atoms with E-state index in [9.17, 15) is 4.79 Å². The molecule has 0 saturated heterocycles. The molecule has 3 aromatic carbocycles. The second-order valence-electron chi connectivity index (χ2n) is 5.98. The van der Waals surface area contributed by atoms with Crippen LogP contribution in [0.4, 0.5) is 5.69 Å². The van der Waals surface area contributed by atoms with Gasteiger partial charge in [0.15, 0.2) is 6.54 Å². The second kappa shape index (κ2) is 7.47. The van der Waals surface area contributed by atoms with Gasteiger partial charge >= 0.3 is 0 Å². The van der Waals surface area contributed by atoms with Crippen LogP contribution in [0.1, 0.15) is 5.56 Å². The molecule has 0 aliphatic heterocycles. The summed E-state index contributed by atoms with van der Waals surface area (Å²) in [6.45, 7) is 1.09. The standard InChI is InChI=1S/C20H19ClN2O/c1-23(13-16-8-3-5-11-18(16)21)14-20(24)22-19-12-6-9-15-7-2-4-10-17(15)19/h2-12H,13-14H2,1H3,(H,22,24)/p+1. The average Bonchev–Trinajstić information content (AvgIpc) is 2.57. The Hall–Kier alpha value is -2.36. The lowest BCUT2D eigenvalue weighted by Gasteiger charge is -2.15. The molecule has 0 saturated carbocycles. The molecule has 3 aromatic rings. The third-order valence-electron chi connectivity index (χ3n) is 3.98. The summed E-state index contributed by atoms with van der Waals surface area (Å²) in [5.41, 5.74) is 1.90. The van der Waals surface area contributed by atoms with Gasteiger partial charge < -0.3 is 10.2 Å². The summed E-state index contributed by atoms with van der Waals surface area (Å²) in [6.07, 6.45) is 0. The number of hydrogen-bond donors (Lipinski definition) is 2. The summed E-state index contributed by atoms with van der Waals surface area (Å²) in [6, 6.07) is 21.7. The number of hydrogen-bond acceptors (Lipinski definition) is 1. The van der Waals surface area contributed by atoms with Crippen LogP contribution < -0.4 is 10.2 Å². The highest BCUT2D eigenvalue weighted by Gasteiger charge is 2.13. The van der Waals surface area contributed by atoms with Gasteiger partial charge in [-0.2, -0.15) is 0 Å². The van der Waals surface area contributed by atoms with Gasteiger partial charge in [-0.25, -0.2) is 0 Å². The van der Waals surface area contributed by atoms with Crippen LogP contribution in [0, 0.1) is 0 Å².